The number of hydrogen-bond donors (Lipinski definition) is 1. The van der Waals surface area contributed by atoms with E-state index in [0.717, 1.165) is 4.31 Å². The number of carbonyl (C=O) groups excluding carboxylic acids is 2. The molecule has 3 rings (SSSR count). The second-order valence-electron chi connectivity index (χ2n) is 10.0. The molecule has 0 radical (unpaired) electrons. The van der Waals surface area contributed by atoms with E-state index < -0.39 is 34.1 Å². The van der Waals surface area contributed by atoms with E-state index in [0.29, 0.717) is 41.7 Å². The molecular formula is C27H36ClN3O6S. The molecule has 1 atom stereocenters. The van der Waals surface area contributed by atoms with Gasteiger partial charge < -0.3 is 19.7 Å². The Morgan fingerprint density at radius 2 is 1.71 bits per heavy atom. The number of benzene rings is 2. The van der Waals surface area contributed by atoms with Crippen LogP contribution >= 0.6 is 11.6 Å². The first-order valence-corrected chi connectivity index (χ1v) is 14.6. The van der Waals surface area contributed by atoms with Crippen LogP contribution in [0.5, 0.6) is 11.5 Å². The maximum atomic E-state index is 13.9. The zero-order valence-corrected chi connectivity index (χ0v) is 24.1. The van der Waals surface area contributed by atoms with Crippen molar-refractivity contribution >= 4 is 39.1 Å². The van der Waals surface area contributed by atoms with Crippen LogP contribution in [0, 0.1) is 0 Å². The molecule has 0 bridgehead atoms. The molecule has 0 spiro atoms. The lowest BCUT2D eigenvalue weighted by atomic mass is 10.1. The molecule has 11 heteroatoms. The molecule has 2 aromatic carbocycles. The van der Waals surface area contributed by atoms with Crippen molar-refractivity contribution in [2.75, 3.05) is 29.8 Å². The lowest BCUT2D eigenvalue weighted by Gasteiger charge is -2.35. The molecule has 38 heavy (non-hydrogen) atoms. The zero-order valence-electron chi connectivity index (χ0n) is 22.5. The molecule has 9 nitrogen and oxygen atoms in total. The van der Waals surface area contributed by atoms with E-state index >= 15 is 0 Å². The van der Waals surface area contributed by atoms with Crippen LogP contribution in [0.3, 0.4) is 0 Å². The summed E-state index contributed by atoms with van der Waals surface area (Å²) in [6.07, 6.45) is 0.322. The van der Waals surface area contributed by atoms with E-state index in [9.17, 15) is 18.0 Å². The number of hydrogen-bond acceptors (Lipinski definition) is 6. The van der Waals surface area contributed by atoms with Gasteiger partial charge in [-0.25, -0.2) is 8.42 Å². The minimum Gasteiger partial charge on any atom is -0.486 e. The summed E-state index contributed by atoms with van der Waals surface area (Å²) < 4.78 is 38.6. The van der Waals surface area contributed by atoms with Crippen molar-refractivity contribution in [3.63, 3.8) is 0 Å². The second kappa shape index (κ2) is 12.3. The van der Waals surface area contributed by atoms with E-state index in [1.807, 2.05) is 20.8 Å². The molecule has 0 aromatic heterocycles. The lowest BCUT2D eigenvalue weighted by molar-refractivity contribution is -0.141. The molecule has 0 aliphatic carbocycles. The van der Waals surface area contributed by atoms with Gasteiger partial charge >= 0.3 is 0 Å². The number of rotatable bonds is 10. The number of fused-ring (bicyclic) bond motifs is 1. The predicted octanol–water partition coefficient (Wildman–Crippen LogP) is 3.99. The van der Waals surface area contributed by atoms with Crippen LogP contribution in [0.2, 0.25) is 5.02 Å². The first-order chi connectivity index (χ1) is 17.9. The first-order valence-electron chi connectivity index (χ1n) is 12.6. The van der Waals surface area contributed by atoms with Crippen LogP contribution < -0.4 is 19.1 Å². The van der Waals surface area contributed by atoms with Crippen LogP contribution in [-0.4, -0.2) is 62.2 Å². The molecule has 1 aliphatic heterocycles. The van der Waals surface area contributed by atoms with Crippen molar-refractivity contribution in [3.8, 4) is 11.5 Å². The second-order valence-corrected chi connectivity index (χ2v) is 12.6. The van der Waals surface area contributed by atoms with E-state index in [4.69, 9.17) is 21.1 Å². The number of carbonyl (C=O) groups is 2. The Labute approximate surface area is 230 Å². The number of nitrogens with one attached hydrogen (secondary N) is 1. The molecule has 1 aliphatic rings. The third-order valence-electron chi connectivity index (χ3n) is 5.98. The van der Waals surface area contributed by atoms with E-state index in [1.54, 1.807) is 49.4 Å². The maximum absolute atomic E-state index is 13.9. The van der Waals surface area contributed by atoms with Crippen LogP contribution in [-0.2, 0) is 26.2 Å². The molecule has 1 N–H and O–H groups in total. The zero-order chi connectivity index (χ0) is 28.1. The van der Waals surface area contributed by atoms with E-state index in [1.165, 1.54) is 11.8 Å². The van der Waals surface area contributed by atoms with Gasteiger partial charge in [0, 0.05) is 23.2 Å². The molecular weight excluding hydrogens is 530 g/mol. The van der Waals surface area contributed by atoms with Crippen LogP contribution in [0.1, 0.15) is 46.6 Å². The highest BCUT2D eigenvalue weighted by Crippen LogP contribution is 2.35. The van der Waals surface area contributed by atoms with Crippen LogP contribution in [0.4, 0.5) is 5.69 Å². The van der Waals surface area contributed by atoms with Gasteiger partial charge in [0.2, 0.25) is 21.8 Å². The van der Waals surface area contributed by atoms with Crippen molar-refractivity contribution < 1.29 is 27.5 Å². The molecule has 0 fully saturated rings. The van der Waals surface area contributed by atoms with Gasteiger partial charge in [-0.2, -0.15) is 0 Å². The van der Waals surface area contributed by atoms with Crippen LogP contribution in [0.15, 0.2) is 42.5 Å². The smallest absolute Gasteiger partial charge is 0.244 e. The largest absolute Gasteiger partial charge is 0.486 e. The average molecular weight is 566 g/mol. The summed E-state index contributed by atoms with van der Waals surface area (Å²) >= 11 is 6.40. The highest BCUT2D eigenvalue weighted by atomic mass is 35.5. The summed E-state index contributed by atoms with van der Waals surface area (Å²) in [7, 11) is -3.87. The third kappa shape index (κ3) is 7.32. The highest BCUT2D eigenvalue weighted by molar-refractivity contribution is 7.92. The predicted molar refractivity (Wildman–Crippen MR) is 148 cm³/mol. The molecule has 1 heterocycles. The minimum atomic E-state index is -3.87. The Morgan fingerprint density at radius 3 is 2.32 bits per heavy atom. The monoisotopic (exact) mass is 565 g/mol. The number of ether oxygens (including phenoxy) is 2. The van der Waals surface area contributed by atoms with Crippen molar-refractivity contribution in [2.24, 2.45) is 0 Å². The number of nitrogens with zero attached hydrogens (tertiary/aromatic N) is 2. The van der Waals surface area contributed by atoms with E-state index in [-0.39, 0.29) is 23.9 Å². The summed E-state index contributed by atoms with van der Waals surface area (Å²) in [6.45, 7) is 9.16. The van der Waals surface area contributed by atoms with Gasteiger partial charge in [0.05, 0.1) is 11.4 Å². The molecule has 2 aromatic rings. The molecule has 208 valence electrons. The number of sulfonamides is 1. The Bertz CT molecular complexity index is 1260. The fourth-order valence-electron chi connectivity index (χ4n) is 4.09. The van der Waals surface area contributed by atoms with Gasteiger partial charge in [-0.1, -0.05) is 36.7 Å². The van der Waals surface area contributed by atoms with Gasteiger partial charge in [-0.3, -0.25) is 13.9 Å². The van der Waals surface area contributed by atoms with Crippen molar-refractivity contribution in [1.82, 2.24) is 10.2 Å². The summed E-state index contributed by atoms with van der Waals surface area (Å²) in [5.74, 6) is -0.176. The lowest BCUT2D eigenvalue weighted by Crippen LogP contribution is -2.55. The number of halogens is 1. The topological polar surface area (TPSA) is 105 Å². The fraction of sp³-hybridized carbons (Fsp3) is 0.481. The fourth-order valence-corrected chi connectivity index (χ4v) is 5.34. The standard InChI is InChI=1S/C27H36ClN3O6S/c1-6-22(26(33)29-27(3,4)5)30(17-19-10-8-9-11-21(19)28)25(32)18-31(38(34,35)7-2)20-12-13-23-24(16-20)37-15-14-36-23/h8-13,16,22H,6-7,14-15,17-18H2,1-5H3,(H,29,33)/t22-/m1/s1. The Morgan fingerprint density at radius 1 is 1.05 bits per heavy atom. The van der Waals surface area contributed by atoms with Gasteiger partial charge in [0.25, 0.3) is 0 Å². The normalized spacial score (nSPS) is 13.9. The molecule has 0 unspecified atom stereocenters. The summed E-state index contributed by atoms with van der Waals surface area (Å²) in [4.78, 5) is 28.6. The van der Waals surface area contributed by atoms with Gasteiger partial charge in [0.1, 0.15) is 25.8 Å². The number of amides is 2. The maximum Gasteiger partial charge on any atom is 0.244 e. The highest BCUT2D eigenvalue weighted by Gasteiger charge is 2.34. The summed E-state index contributed by atoms with van der Waals surface area (Å²) in [5, 5.41) is 3.38. The Balaban J connectivity index is 2.01. The van der Waals surface area contributed by atoms with Gasteiger partial charge in [0.15, 0.2) is 11.5 Å². The quantitative estimate of drug-likeness (QED) is 0.467. The van der Waals surface area contributed by atoms with E-state index in [2.05, 4.69) is 5.32 Å². The first kappa shape index (κ1) is 29.6. The summed E-state index contributed by atoms with van der Waals surface area (Å²) in [6, 6.07) is 11.0. The number of anilines is 1. The molecule has 0 saturated carbocycles. The third-order valence-corrected chi connectivity index (χ3v) is 8.09. The SMILES string of the molecule is CC[C@H](C(=O)NC(C)(C)C)N(Cc1ccccc1Cl)C(=O)CN(c1ccc2c(c1)OCCO2)S(=O)(=O)CC. The molecule has 0 saturated heterocycles. The minimum absolute atomic E-state index is 0.0374. The van der Waals surface area contributed by atoms with Crippen molar-refractivity contribution in [1.29, 1.82) is 0 Å². The van der Waals surface area contributed by atoms with Crippen molar-refractivity contribution in [2.45, 2.75) is 59.2 Å². The molecule has 2 amide bonds. The Kier molecular flexibility index (Phi) is 9.54. The van der Waals surface area contributed by atoms with Gasteiger partial charge in [-0.15, -0.1) is 0 Å². The van der Waals surface area contributed by atoms with Crippen LogP contribution in [0.25, 0.3) is 0 Å². The van der Waals surface area contributed by atoms with Gasteiger partial charge in [-0.05, 0) is 57.9 Å². The summed E-state index contributed by atoms with van der Waals surface area (Å²) in [5.41, 5.74) is 0.398. The van der Waals surface area contributed by atoms with Crippen molar-refractivity contribution in [3.05, 3.63) is 53.1 Å². The average Bonchev–Trinajstić information content (AvgIpc) is 2.86. The Hall–Kier alpha value is -2.98.